The summed E-state index contributed by atoms with van der Waals surface area (Å²) in [5.74, 6) is -0.494. The van der Waals surface area contributed by atoms with Crippen LogP contribution in [-0.2, 0) is 4.74 Å². The highest BCUT2D eigenvalue weighted by atomic mass is 16.6. The van der Waals surface area contributed by atoms with Gasteiger partial charge in [0.05, 0.1) is 23.2 Å². The molecule has 0 amide bonds. The number of esters is 1. The Labute approximate surface area is 124 Å². The maximum atomic E-state index is 11.6. The quantitative estimate of drug-likeness (QED) is 0.421. The summed E-state index contributed by atoms with van der Waals surface area (Å²) in [4.78, 5) is 26.6. The van der Waals surface area contributed by atoms with E-state index in [1.165, 1.54) is 13.3 Å². The fourth-order valence-corrected chi connectivity index (χ4v) is 2.32. The van der Waals surface area contributed by atoms with Crippen molar-refractivity contribution in [3.63, 3.8) is 0 Å². The summed E-state index contributed by atoms with van der Waals surface area (Å²) in [6, 6.07) is 8.14. The molecule has 0 aliphatic carbocycles. The van der Waals surface area contributed by atoms with Gasteiger partial charge in [0.25, 0.3) is 0 Å². The van der Waals surface area contributed by atoms with Crippen LogP contribution in [0.1, 0.15) is 10.4 Å². The highest BCUT2D eigenvalue weighted by molar-refractivity contribution is 5.92. The lowest BCUT2D eigenvalue weighted by Gasteiger charge is -2.06. The predicted molar refractivity (Wildman–Crippen MR) is 78.6 cm³/mol. The first-order valence-electron chi connectivity index (χ1n) is 6.40. The van der Waals surface area contributed by atoms with Gasteiger partial charge < -0.3 is 9.14 Å². The van der Waals surface area contributed by atoms with Crippen LogP contribution < -0.4 is 0 Å². The molecule has 0 unspecified atom stereocenters. The van der Waals surface area contributed by atoms with E-state index in [-0.39, 0.29) is 11.3 Å². The van der Waals surface area contributed by atoms with Crippen LogP contribution in [0.5, 0.6) is 0 Å². The van der Waals surface area contributed by atoms with E-state index in [4.69, 9.17) is 0 Å². The summed E-state index contributed by atoms with van der Waals surface area (Å²) >= 11 is 0. The minimum absolute atomic E-state index is 0.102. The van der Waals surface area contributed by atoms with Gasteiger partial charge in [0.2, 0.25) is 5.65 Å². The van der Waals surface area contributed by atoms with E-state index in [9.17, 15) is 14.9 Å². The van der Waals surface area contributed by atoms with Crippen LogP contribution in [0.15, 0.2) is 48.9 Å². The van der Waals surface area contributed by atoms with Crippen LogP contribution in [0.25, 0.3) is 16.8 Å². The Bertz CT molecular complexity index is 885. The van der Waals surface area contributed by atoms with Gasteiger partial charge >= 0.3 is 11.7 Å². The molecule has 0 bridgehead atoms. The van der Waals surface area contributed by atoms with E-state index in [0.29, 0.717) is 16.7 Å². The number of ether oxygens (including phenoxy) is 1. The summed E-state index contributed by atoms with van der Waals surface area (Å²) in [6.45, 7) is 0. The lowest BCUT2D eigenvalue weighted by Crippen LogP contribution is -2.02. The number of pyridine rings is 1. The molecule has 0 radical (unpaired) electrons. The number of fused-ring (bicyclic) bond motifs is 1. The Morgan fingerprint density at radius 3 is 2.86 bits per heavy atom. The van der Waals surface area contributed by atoms with Crippen LogP contribution in [0.4, 0.5) is 5.69 Å². The first-order chi connectivity index (χ1) is 10.6. The van der Waals surface area contributed by atoms with Crippen LogP contribution in [0, 0.1) is 10.1 Å². The van der Waals surface area contributed by atoms with E-state index in [0.717, 1.165) is 0 Å². The smallest absolute Gasteiger partial charge is 0.337 e. The third kappa shape index (κ3) is 2.18. The lowest BCUT2D eigenvalue weighted by molar-refractivity contribution is -0.382. The van der Waals surface area contributed by atoms with E-state index in [1.807, 2.05) is 0 Å². The number of aromatic nitrogens is 2. The number of methoxy groups -OCH3 is 1. The summed E-state index contributed by atoms with van der Waals surface area (Å²) in [6.07, 6.45) is 4.82. The zero-order valence-electron chi connectivity index (χ0n) is 11.6. The fraction of sp³-hybridized carbons (Fsp3) is 0.0667. The lowest BCUT2D eigenvalue weighted by atomic mass is 10.0. The van der Waals surface area contributed by atoms with Crippen molar-refractivity contribution in [1.82, 2.24) is 9.38 Å². The van der Waals surface area contributed by atoms with Crippen molar-refractivity contribution in [2.24, 2.45) is 0 Å². The molecule has 2 heterocycles. The van der Waals surface area contributed by atoms with E-state index in [1.54, 1.807) is 47.1 Å². The second-order valence-corrected chi connectivity index (χ2v) is 4.57. The molecule has 0 aliphatic heterocycles. The Morgan fingerprint density at radius 1 is 1.32 bits per heavy atom. The van der Waals surface area contributed by atoms with Gasteiger partial charge in [-0.1, -0.05) is 12.1 Å². The molecule has 2 aromatic heterocycles. The minimum Gasteiger partial charge on any atom is -0.465 e. The molecule has 0 fully saturated rings. The Morgan fingerprint density at radius 2 is 2.14 bits per heavy atom. The summed E-state index contributed by atoms with van der Waals surface area (Å²) in [5.41, 5.74) is 1.44. The van der Waals surface area contributed by atoms with E-state index in [2.05, 4.69) is 9.72 Å². The molecule has 3 rings (SSSR count). The van der Waals surface area contributed by atoms with Crippen molar-refractivity contribution in [3.05, 3.63) is 64.6 Å². The van der Waals surface area contributed by atoms with Crippen LogP contribution >= 0.6 is 0 Å². The van der Waals surface area contributed by atoms with Gasteiger partial charge in [-0.25, -0.2) is 9.78 Å². The summed E-state index contributed by atoms with van der Waals surface area (Å²) in [5, 5.41) is 11.4. The molecule has 7 heteroatoms. The largest absolute Gasteiger partial charge is 0.465 e. The molecule has 0 saturated heterocycles. The van der Waals surface area contributed by atoms with Gasteiger partial charge in [-0.2, -0.15) is 0 Å². The third-order valence-corrected chi connectivity index (χ3v) is 3.31. The average molecular weight is 297 g/mol. The molecule has 0 spiro atoms. The molecule has 0 aliphatic rings. The molecule has 1 aromatic carbocycles. The maximum Gasteiger partial charge on any atom is 0.337 e. The number of rotatable bonds is 3. The van der Waals surface area contributed by atoms with Gasteiger partial charge in [0, 0.05) is 18.6 Å². The number of hydrogen-bond donors (Lipinski definition) is 0. The molecular weight excluding hydrogens is 286 g/mol. The maximum absolute atomic E-state index is 11.6. The molecule has 22 heavy (non-hydrogen) atoms. The highest BCUT2D eigenvalue weighted by Crippen LogP contribution is 2.33. The van der Waals surface area contributed by atoms with Crippen molar-refractivity contribution < 1.29 is 14.5 Å². The number of imidazole rings is 1. The average Bonchev–Trinajstić information content (AvgIpc) is 3.01. The van der Waals surface area contributed by atoms with Crippen LogP contribution in [-0.4, -0.2) is 27.4 Å². The van der Waals surface area contributed by atoms with Crippen LogP contribution in [0.2, 0.25) is 0 Å². The monoisotopic (exact) mass is 297 g/mol. The molecule has 0 N–H and O–H groups in total. The Kier molecular flexibility index (Phi) is 3.30. The highest BCUT2D eigenvalue weighted by Gasteiger charge is 2.22. The molecule has 0 saturated carbocycles. The number of nitro groups is 1. The molecule has 0 atom stereocenters. The zero-order valence-corrected chi connectivity index (χ0v) is 11.6. The minimum atomic E-state index is -0.494. The standard InChI is InChI=1S/C15H11N3O4/c1-22-15(19)11-4-2-3-10(9-11)12-5-7-17-8-6-16-14(17)13(12)18(20)21/h2-9H,1H3. The van der Waals surface area contributed by atoms with Gasteiger partial charge in [-0.3, -0.25) is 10.1 Å². The van der Waals surface area contributed by atoms with Gasteiger partial charge in [-0.05, 0) is 23.8 Å². The van der Waals surface area contributed by atoms with Gasteiger partial charge in [-0.15, -0.1) is 0 Å². The second-order valence-electron chi connectivity index (χ2n) is 4.57. The number of carbonyl (C=O) groups excluding carboxylic acids is 1. The second kappa shape index (κ2) is 5.28. The summed E-state index contributed by atoms with van der Waals surface area (Å²) < 4.78 is 6.25. The molecular formula is C15H11N3O4. The van der Waals surface area contributed by atoms with Crippen molar-refractivity contribution in [2.75, 3.05) is 7.11 Å². The number of hydrogen-bond acceptors (Lipinski definition) is 5. The fourth-order valence-electron chi connectivity index (χ4n) is 2.32. The number of nitrogens with zero attached hydrogens (tertiary/aromatic N) is 3. The zero-order chi connectivity index (χ0) is 15.7. The Hall–Kier alpha value is -3.22. The van der Waals surface area contributed by atoms with Crippen LogP contribution in [0.3, 0.4) is 0 Å². The van der Waals surface area contributed by atoms with Crippen molar-refractivity contribution in [2.45, 2.75) is 0 Å². The third-order valence-electron chi connectivity index (χ3n) is 3.31. The molecule has 3 aromatic rings. The first kappa shape index (κ1) is 13.7. The van der Waals surface area contributed by atoms with E-state index < -0.39 is 10.9 Å². The van der Waals surface area contributed by atoms with Crippen molar-refractivity contribution in [1.29, 1.82) is 0 Å². The normalized spacial score (nSPS) is 10.6. The summed E-state index contributed by atoms with van der Waals surface area (Å²) in [7, 11) is 1.29. The van der Waals surface area contributed by atoms with Crippen molar-refractivity contribution >= 4 is 17.3 Å². The number of carbonyl (C=O) groups is 1. The predicted octanol–water partition coefficient (Wildman–Crippen LogP) is 2.70. The topological polar surface area (TPSA) is 86.7 Å². The van der Waals surface area contributed by atoms with Gasteiger partial charge in [0.1, 0.15) is 0 Å². The van der Waals surface area contributed by atoms with Crippen molar-refractivity contribution in [3.8, 4) is 11.1 Å². The Balaban J connectivity index is 2.24. The number of benzene rings is 1. The van der Waals surface area contributed by atoms with Gasteiger partial charge in [0.15, 0.2) is 0 Å². The van der Waals surface area contributed by atoms with E-state index >= 15 is 0 Å². The SMILES string of the molecule is COC(=O)c1cccc(-c2ccn3ccnc3c2[N+](=O)[O-])c1. The molecule has 7 nitrogen and oxygen atoms in total. The molecule has 110 valence electrons. The first-order valence-corrected chi connectivity index (χ1v) is 6.40.